The summed E-state index contributed by atoms with van der Waals surface area (Å²) in [6, 6.07) is 7.82. The number of hydrogen-bond donors (Lipinski definition) is 1. The molecule has 21 heavy (non-hydrogen) atoms. The van der Waals surface area contributed by atoms with Gasteiger partial charge in [0.1, 0.15) is 20.6 Å². The second kappa shape index (κ2) is 7.48. The first-order valence-corrected chi connectivity index (χ1v) is 8.60. The van der Waals surface area contributed by atoms with Gasteiger partial charge in [0.2, 0.25) is 0 Å². The van der Waals surface area contributed by atoms with Crippen molar-refractivity contribution in [3.63, 3.8) is 0 Å². The van der Waals surface area contributed by atoms with E-state index in [1.165, 1.54) is 5.57 Å². The van der Waals surface area contributed by atoms with Gasteiger partial charge in [0.25, 0.3) is 0 Å². The third-order valence-corrected chi connectivity index (χ3v) is 4.80. The van der Waals surface area contributed by atoms with Crippen molar-refractivity contribution >= 4 is 19.9 Å². The quantitative estimate of drug-likeness (QED) is 0.832. The number of nitrogens with zero attached hydrogens (tertiary/aromatic N) is 1. The van der Waals surface area contributed by atoms with E-state index < -0.39 is 20.6 Å². The molecule has 2 atom stereocenters. The molecule has 112 valence electrons. The maximum Gasteiger partial charge on any atom is 0.123 e. The van der Waals surface area contributed by atoms with Gasteiger partial charge in [-0.05, 0) is 42.9 Å². The first-order chi connectivity index (χ1) is 10.1. The maximum absolute atomic E-state index is 12.5. The fraction of sp³-hybridized carbons (Fsp3) is 0.312. The lowest BCUT2D eigenvalue weighted by atomic mass is 10.0. The molecule has 0 amide bonds. The van der Waals surface area contributed by atoms with Gasteiger partial charge in [0.15, 0.2) is 0 Å². The second-order valence-corrected chi connectivity index (χ2v) is 6.84. The zero-order chi connectivity index (χ0) is 15.2. The van der Waals surface area contributed by atoms with E-state index in [0.29, 0.717) is 0 Å². The van der Waals surface area contributed by atoms with Crippen LogP contribution in [0.15, 0.2) is 47.1 Å². The van der Waals surface area contributed by atoms with Crippen LogP contribution in [0.1, 0.15) is 18.9 Å². The summed E-state index contributed by atoms with van der Waals surface area (Å²) in [5.41, 5.74) is 8.99. The van der Waals surface area contributed by atoms with Gasteiger partial charge < -0.3 is 10.3 Å². The topological polar surface area (TPSA) is 47.6 Å². The van der Waals surface area contributed by atoms with Crippen molar-refractivity contribution < 1.29 is 8.91 Å². The average molecular weight is 306 g/mol. The summed E-state index contributed by atoms with van der Waals surface area (Å²) in [6.45, 7) is 3.26. The Bertz CT molecular complexity index is 566. The van der Waals surface area contributed by atoms with Crippen LogP contribution in [0.3, 0.4) is 0 Å². The second-order valence-electron chi connectivity index (χ2n) is 4.90. The van der Waals surface area contributed by atoms with Crippen LogP contribution >= 0.6 is 8.15 Å². The van der Waals surface area contributed by atoms with E-state index in [-0.39, 0.29) is 0 Å². The summed E-state index contributed by atoms with van der Waals surface area (Å²) in [5.74, 6) is 0.194. The predicted octanol–water partition coefficient (Wildman–Crippen LogP) is 4.11. The van der Waals surface area contributed by atoms with Gasteiger partial charge in [-0.3, -0.25) is 4.99 Å². The first-order valence-electron chi connectivity index (χ1n) is 6.83. The Kier molecular flexibility index (Phi) is 5.66. The van der Waals surface area contributed by atoms with Gasteiger partial charge in [-0.2, -0.15) is 0 Å². The minimum Gasteiger partial charge on any atom is -0.473 e. The Morgan fingerprint density at radius 2 is 2.05 bits per heavy atom. The molecule has 2 rings (SSSR count). The molecule has 1 aromatic rings. The molecule has 0 aliphatic carbocycles. The van der Waals surface area contributed by atoms with Crippen LogP contribution in [-0.4, -0.2) is 25.3 Å². The fourth-order valence-electron chi connectivity index (χ4n) is 1.90. The van der Waals surface area contributed by atoms with Crippen LogP contribution in [0.25, 0.3) is 5.57 Å². The molecule has 0 saturated carbocycles. The lowest BCUT2D eigenvalue weighted by Gasteiger charge is -2.18. The molecule has 0 aromatic heterocycles. The van der Waals surface area contributed by atoms with Gasteiger partial charge in [0, 0.05) is 18.3 Å². The highest BCUT2D eigenvalue weighted by molar-refractivity contribution is 7.52. The number of aliphatic imine (C=N–C) groups is 1. The minimum atomic E-state index is -0.995. The van der Waals surface area contributed by atoms with E-state index in [9.17, 15) is 4.39 Å². The molecule has 1 heterocycles. The summed E-state index contributed by atoms with van der Waals surface area (Å²) in [6.07, 6.45) is 6.82. The van der Waals surface area contributed by atoms with Crippen molar-refractivity contribution in [3.8, 4) is 5.75 Å². The molecule has 0 bridgehead atoms. The number of hydrogen-bond acceptors (Lipinski definition) is 3. The zero-order valence-corrected chi connectivity index (χ0v) is 13.2. The molecule has 1 aromatic carbocycles. The van der Waals surface area contributed by atoms with Crippen LogP contribution < -0.4 is 10.3 Å². The van der Waals surface area contributed by atoms with Gasteiger partial charge in [0.05, 0.1) is 5.78 Å². The highest BCUT2D eigenvalue weighted by Gasteiger charge is 2.14. The van der Waals surface area contributed by atoms with Crippen molar-refractivity contribution in [3.05, 3.63) is 47.7 Å². The van der Waals surface area contributed by atoms with E-state index in [1.807, 2.05) is 50.1 Å². The van der Waals surface area contributed by atoms with E-state index in [2.05, 4.69) is 11.1 Å². The predicted molar refractivity (Wildman–Crippen MR) is 88.7 cm³/mol. The molecule has 1 aliphatic rings. The molecule has 2 N–H and O–H groups in total. The Morgan fingerprint density at radius 1 is 1.33 bits per heavy atom. The van der Waals surface area contributed by atoms with Gasteiger partial charge in [-0.1, -0.05) is 18.2 Å². The molecule has 1 aliphatic heterocycles. The molecule has 0 radical (unpaired) electrons. The molecular weight excluding hydrogens is 286 g/mol. The van der Waals surface area contributed by atoms with E-state index in [0.717, 1.165) is 23.4 Å². The van der Waals surface area contributed by atoms with E-state index in [4.69, 9.17) is 10.3 Å². The largest absolute Gasteiger partial charge is 0.473 e. The number of allylic oxidation sites excluding steroid dienone is 4. The third-order valence-electron chi connectivity index (χ3n) is 3.23. The van der Waals surface area contributed by atoms with Crippen LogP contribution in [0, 0.1) is 0 Å². The summed E-state index contributed by atoms with van der Waals surface area (Å²) < 4.78 is 18.2. The number of benzene rings is 1. The standard InChI is InChI=1S/C16H20FN2OP/c1-12-3-4-14(9-10-19-12)13-5-7-15(8-6-13)20-21(2)16(18)11-17/h3-8,10,16H,9,11,18H2,1-2H3. The smallest absolute Gasteiger partial charge is 0.123 e. The number of alkyl halides is 1. The van der Waals surface area contributed by atoms with E-state index in [1.54, 1.807) is 0 Å². The first kappa shape index (κ1) is 15.9. The van der Waals surface area contributed by atoms with Crippen molar-refractivity contribution in [2.75, 3.05) is 13.3 Å². The molecule has 2 unspecified atom stereocenters. The third kappa shape index (κ3) is 4.48. The summed E-state index contributed by atoms with van der Waals surface area (Å²) in [5, 5.41) is 0. The fourth-order valence-corrected chi connectivity index (χ4v) is 2.68. The van der Waals surface area contributed by atoms with Crippen LogP contribution in [0.2, 0.25) is 0 Å². The van der Waals surface area contributed by atoms with E-state index >= 15 is 0 Å². The van der Waals surface area contributed by atoms with Gasteiger partial charge in [-0.15, -0.1) is 0 Å². The monoisotopic (exact) mass is 306 g/mol. The SMILES string of the molecule is CC1=CC=C(c2ccc(OP(C)C(N)CF)cc2)CC=N1. The van der Waals surface area contributed by atoms with Crippen LogP contribution in [0.5, 0.6) is 5.75 Å². The Balaban J connectivity index is 2.07. The summed E-state index contributed by atoms with van der Waals surface area (Å²) in [4.78, 5) is 4.30. The zero-order valence-electron chi connectivity index (χ0n) is 12.3. The highest BCUT2D eigenvalue weighted by atomic mass is 31.1. The van der Waals surface area contributed by atoms with Crippen molar-refractivity contribution in [2.45, 2.75) is 19.1 Å². The number of nitrogens with two attached hydrogens (primary N) is 1. The molecule has 0 fully saturated rings. The van der Waals surface area contributed by atoms with Crippen molar-refractivity contribution in [1.82, 2.24) is 0 Å². The molecule has 3 nitrogen and oxygen atoms in total. The lowest BCUT2D eigenvalue weighted by molar-refractivity contribution is 0.471. The average Bonchev–Trinajstić information content (AvgIpc) is 2.72. The Labute approximate surface area is 126 Å². The number of rotatable bonds is 5. The Hall–Kier alpha value is -1.51. The van der Waals surface area contributed by atoms with Gasteiger partial charge in [-0.25, -0.2) is 4.39 Å². The minimum absolute atomic E-state index is 0.534. The lowest BCUT2D eigenvalue weighted by Crippen LogP contribution is -2.21. The van der Waals surface area contributed by atoms with Crippen LogP contribution in [-0.2, 0) is 0 Å². The molecule has 0 saturated heterocycles. The number of halogens is 1. The highest BCUT2D eigenvalue weighted by Crippen LogP contribution is 2.37. The summed E-state index contributed by atoms with van der Waals surface area (Å²) in [7, 11) is -0.995. The Morgan fingerprint density at radius 3 is 2.71 bits per heavy atom. The molecule has 0 spiro atoms. The summed E-state index contributed by atoms with van der Waals surface area (Å²) >= 11 is 0. The maximum atomic E-state index is 12.5. The molecule has 5 heteroatoms. The van der Waals surface area contributed by atoms with Crippen molar-refractivity contribution in [2.24, 2.45) is 10.7 Å². The normalized spacial score (nSPS) is 17.5. The molecular formula is C16H20FN2OP. The van der Waals surface area contributed by atoms with Gasteiger partial charge >= 0.3 is 0 Å². The van der Waals surface area contributed by atoms with Crippen molar-refractivity contribution in [1.29, 1.82) is 0 Å². The van der Waals surface area contributed by atoms with Crippen LogP contribution in [0.4, 0.5) is 4.39 Å².